The van der Waals surface area contributed by atoms with Crippen molar-refractivity contribution in [3.63, 3.8) is 0 Å². The number of allylic oxidation sites excluding steroid dienone is 24. The van der Waals surface area contributed by atoms with E-state index in [1.165, 1.54) is 109 Å². The summed E-state index contributed by atoms with van der Waals surface area (Å²) in [6, 6.07) is 0. The van der Waals surface area contributed by atoms with Crippen molar-refractivity contribution in [2.45, 2.75) is 290 Å². The zero-order valence-electron chi connectivity index (χ0n) is 51.8. The molecule has 0 aliphatic heterocycles. The summed E-state index contributed by atoms with van der Waals surface area (Å²) in [5.74, 6) is -1.02. The Bertz CT molecular complexity index is 1750. The van der Waals surface area contributed by atoms with E-state index in [-0.39, 0.29) is 37.5 Å². The summed E-state index contributed by atoms with van der Waals surface area (Å²) in [6.07, 6.45) is 95.8. The van der Waals surface area contributed by atoms with E-state index in [2.05, 4.69) is 161 Å². The summed E-state index contributed by atoms with van der Waals surface area (Å²) in [5, 5.41) is 0. The third kappa shape index (κ3) is 64.1. The second kappa shape index (κ2) is 66.8. The minimum Gasteiger partial charge on any atom is -0.462 e. The minimum atomic E-state index is -0.826. The van der Waals surface area contributed by atoms with Crippen molar-refractivity contribution in [3.8, 4) is 0 Å². The third-order valence-electron chi connectivity index (χ3n) is 13.6. The van der Waals surface area contributed by atoms with Gasteiger partial charge in [0, 0.05) is 19.3 Å². The molecule has 0 aromatic rings. The summed E-state index contributed by atoms with van der Waals surface area (Å²) in [7, 11) is 0. The Morgan fingerprint density at radius 1 is 0.263 bits per heavy atom. The van der Waals surface area contributed by atoms with Gasteiger partial charge in [0.2, 0.25) is 0 Å². The van der Waals surface area contributed by atoms with Gasteiger partial charge in [0.15, 0.2) is 6.10 Å². The van der Waals surface area contributed by atoms with E-state index >= 15 is 0 Å². The molecule has 0 bridgehead atoms. The van der Waals surface area contributed by atoms with Crippen LogP contribution in [-0.2, 0) is 28.6 Å². The van der Waals surface area contributed by atoms with Crippen molar-refractivity contribution in [2.75, 3.05) is 13.2 Å². The Labute approximate surface area is 493 Å². The first-order valence-corrected chi connectivity index (χ1v) is 32.8. The predicted octanol–water partition coefficient (Wildman–Crippen LogP) is 22.7. The second-order valence-corrected chi connectivity index (χ2v) is 21.3. The molecule has 0 amide bonds. The molecule has 0 rings (SSSR count). The van der Waals surface area contributed by atoms with Gasteiger partial charge in [-0.3, -0.25) is 14.4 Å². The second-order valence-electron chi connectivity index (χ2n) is 21.3. The van der Waals surface area contributed by atoms with Crippen molar-refractivity contribution >= 4 is 17.9 Å². The van der Waals surface area contributed by atoms with Crippen LogP contribution in [0, 0.1) is 0 Å². The first kappa shape index (κ1) is 75.3. The Morgan fingerprint density at radius 3 is 0.838 bits per heavy atom. The molecular formula is C74H120O6. The first-order valence-electron chi connectivity index (χ1n) is 32.8. The van der Waals surface area contributed by atoms with Gasteiger partial charge in [-0.1, -0.05) is 301 Å². The van der Waals surface area contributed by atoms with Crippen LogP contribution in [0.15, 0.2) is 146 Å². The molecule has 80 heavy (non-hydrogen) atoms. The molecule has 0 radical (unpaired) electrons. The van der Waals surface area contributed by atoms with Crippen molar-refractivity contribution < 1.29 is 28.6 Å². The zero-order chi connectivity index (χ0) is 57.8. The van der Waals surface area contributed by atoms with Crippen molar-refractivity contribution in [3.05, 3.63) is 146 Å². The topological polar surface area (TPSA) is 78.9 Å². The molecule has 1 unspecified atom stereocenters. The zero-order valence-corrected chi connectivity index (χ0v) is 51.8. The molecule has 0 saturated carbocycles. The highest BCUT2D eigenvalue weighted by molar-refractivity contribution is 5.71. The van der Waals surface area contributed by atoms with Crippen LogP contribution in [0.5, 0.6) is 0 Å². The predicted molar refractivity (Wildman–Crippen MR) is 348 cm³/mol. The highest BCUT2D eigenvalue weighted by Crippen LogP contribution is 2.16. The quantitative estimate of drug-likeness (QED) is 0.0261. The number of ether oxygens (including phenoxy) is 3. The van der Waals surface area contributed by atoms with Crippen molar-refractivity contribution in [1.82, 2.24) is 0 Å². The fourth-order valence-corrected chi connectivity index (χ4v) is 8.77. The van der Waals surface area contributed by atoms with E-state index in [0.29, 0.717) is 19.3 Å². The maximum atomic E-state index is 12.9. The van der Waals surface area contributed by atoms with Gasteiger partial charge in [-0.15, -0.1) is 0 Å². The van der Waals surface area contributed by atoms with Gasteiger partial charge >= 0.3 is 17.9 Å². The first-order chi connectivity index (χ1) is 39.5. The molecule has 0 aliphatic carbocycles. The number of unbranched alkanes of at least 4 members (excludes halogenated alkanes) is 23. The number of rotatable bonds is 58. The Balaban J connectivity index is 4.54. The van der Waals surface area contributed by atoms with Crippen LogP contribution in [0.4, 0.5) is 0 Å². The van der Waals surface area contributed by atoms with Gasteiger partial charge in [0.25, 0.3) is 0 Å². The monoisotopic (exact) mass is 1100 g/mol. The van der Waals surface area contributed by atoms with Crippen molar-refractivity contribution in [1.29, 1.82) is 0 Å². The number of hydrogen-bond donors (Lipinski definition) is 0. The lowest BCUT2D eigenvalue weighted by Crippen LogP contribution is -2.30. The highest BCUT2D eigenvalue weighted by Gasteiger charge is 2.19. The average molecular weight is 1110 g/mol. The standard InChI is InChI=1S/C74H120O6/c1-4-7-10-13-16-19-22-25-28-31-34-36-37-38-41-43-46-49-52-55-58-61-64-67-73(76)79-70-71(69-78-72(75)66-63-60-57-54-51-48-45-42-39-33-30-27-24-21-18-15-12-9-6-3)80-74(77)68-65-62-59-56-53-50-47-44-40-35-32-29-26-23-20-17-14-11-8-5-2/h7,9-10,12,16,18-19,21,25,27-28,30,34,36,38-39,41-42,46,48-49,51,57,60,71H,4-6,8,11,13-15,17,20,22-24,26,29,31-33,35,37,40,43-45,47,50,52-56,58-59,61-70H2,1-3H3/b10-7-,12-9-,19-16-,21-18-,28-25-,30-27-,36-34-,41-38-,42-39-,49-46-,51-48-,60-57-. The lowest BCUT2D eigenvalue weighted by Gasteiger charge is -2.18. The molecule has 452 valence electrons. The maximum absolute atomic E-state index is 12.9. The molecule has 0 spiro atoms. The van der Waals surface area contributed by atoms with Crippen molar-refractivity contribution in [2.24, 2.45) is 0 Å². The van der Waals surface area contributed by atoms with Crippen LogP contribution in [-0.4, -0.2) is 37.2 Å². The highest BCUT2D eigenvalue weighted by atomic mass is 16.6. The summed E-state index contributed by atoms with van der Waals surface area (Å²) in [4.78, 5) is 38.4. The summed E-state index contributed by atoms with van der Waals surface area (Å²) in [6.45, 7) is 6.35. The van der Waals surface area contributed by atoms with E-state index in [1.807, 2.05) is 6.08 Å². The molecule has 6 heteroatoms. The molecule has 1 atom stereocenters. The van der Waals surface area contributed by atoms with Crippen LogP contribution in [0.3, 0.4) is 0 Å². The Kier molecular flexibility index (Phi) is 62.9. The number of esters is 3. The van der Waals surface area contributed by atoms with E-state index in [1.54, 1.807) is 0 Å². The SMILES string of the molecule is CC/C=C\C/C=C\C/C=C\C/C=C\C/C=C\C/C=C\CCCCCCC(=O)OCC(COC(=O)CC/C=C\C/C=C\C/C=C\C/C=C\C/C=C\C/C=C\CC)OC(=O)CCCCCCCCCCCCCCCCCCCCCC. The molecule has 0 fully saturated rings. The molecule has 0 aromatic heterocycles. The van der Waals surface area contributed by atoms with Crippen LogP contribution in [0.25, 0.3) is 0 Å². The number of carbonyl (C=O) groups is 3. The van der Waals surface area contributed by atoms with E-state index in [0.717, 1.165) is 128 Å². The van der Waals surface area contributed by atoms with Crippen LogP contribution in [0.2, 0.25) is 0 Å². The van der Waals surface area contributed by atoms with Gasteiger partial charge in [-0.25, -0.2) is 0 Å². The van der Waals surface area contributed by atoms with E-state index < -0.39 is 6.10 Å². The Hall–Kier alpha value is -4.71. The van der Waals surface area contributed by atoms with Crippen LogP contribution in [0.1, 0.15) is 284 Å². The molecule has 6 nitrogen and oxygen atoms in total. The number of carbonyl (C=O) groups excluding carboxylic acids is 3. The van der Waals surface area contributed by atoms with Gasteiger partial charge in [-0.2, -0.15) is 0 Å². The largest absolute Gasteiger partial charge is 0.462 e. The molecule has 0 saturated heterocycles. The fourth-order valence-electron chi connectivity index (χ4n) is 8.77. The summed E-state index contributed by atoms with van der Waals surface area (Å²) < 4.78 is 16.9. The maximum Gasteiger partial charge on any atom is 0.306 e. The molecule has 0 N–H and O–H groups in total. The van der Waals surface area contributed by atoms with Gasteiger partial charge in [0.05, 0.1) is 0 Å². The van der Waals surface area contributed by atoms with E-state index in [9.17, 15) is 14.4 Å². The van der Waals surface area contributed by atoms with E-state index in [4.69, 9.17) is 14.2 Å². The lowest BCUT2D eigenvalue weighted by atomic mass is 10.0. The van der Waals surface area contributed by atoms with Crippen LogP contribution < -0.4 is 0 Å². The average Bonchev–Trinajstić information content (AvgIpc) is 3.46. The normalized spacial score (nSPS) is 13.1. The summed E-state index contributed by atoms with van der Waals surface area (Å²) in [5.41, 5.74) is 0. The molecule has 0 heterocycles. The minimum absolute atomic E-state index is 0.118. The smallest absolute Gasteiger partial charge is 0.306 e. The van der Waals surface area contributed by atoms with Gasteiger partial charge in [-0.05, 0) is 109 Å². The third-order valence-corrected chi connectivity index (χ3v) is 13.6. The van der Waals surface area contributed by atoms with Gasteiger partial charge < -0.3 is 14.2 Å². The molecule has 0 aromatic carbocycles. The molecular weight excluding hydrogens is 985 g/mol. The lowest BCUT2D eigenvalue weighted by molar-refractivity contribution is -0.166. The summed E-state index contributed by atoms with van der Waals surface area (Å²) >= 11 is 0. The number of hydrogen-bond acceptors (Lipinski definition) is 6. The van der Waals surface area contributed by atoms with Crippen LogP contribution >= 0.6 is 0 Å². The molecule has 0 aliphatic rings. The fraction of sp³-hybridized carbons (Fsp3) is 0.635. The Morgan fingerprint density at radius 2 is 0.512 bits per heavy atom. The van der Waals surface area contributed by atoms with Gasteiger partial charge in [0.1, 0.15) is 13.2 Å².